The highest BCUT2D eigenvalue weighted by molar-refractivity contribution is 7.99. The van der Waals surface area contributed by atoms with Crippen molar-refractivity contribution in [2.45, 2.75) is 9.79 Å². The van der Waals surface area contributed by atoms with Gasteiger partial charge in [0.05, 0.1) is 5.56 Å². The Bertz CT molecular complexity index is 632. The Kier molecular flexibility index (Phi) is 4.01. The van der Waals surface area contributed by atoms with Crippen LogP contribution in [0.5, 0.6) is 0 Å². The SMILES string of the molecule is NC(=NO)c1c(F)cccc1Sc1cccc(F)c1. The van der Waals surface area contributed by atoms with E-state index >= 15 is 0 Å². The molecule has 2 aromatic carbocycles. The lowest BCUT2D eigenvalue weighted by Crippen LogP contribution is -2.16. The molecule has 2 aromatic rings. The van der Waals surface area contributed by atoms with Gasteiger partial charge in [0, 0.05) is 9.79 Å². The second kappa shape index (κ2) is 5.71. The zero-order chi connectivity index (χ0) is 13.8. The number of halogens is 2. The second-order valence-electron chi connectivity index (χ2n) is 3.66. The molecule has 0 spiro atoms. The highest BCUT2D eigenvalue weighted by Gasteiger charge is 2.14. The van der Waals surface area contributed by atoms with Gasteiger partial charge in [-0.2, -0.15) is 0 Å². The maximum atomic E-state index is 13.7. The lowest BCUT2D eigenvalue weighted by molar-refractivity contribution is 0.318. The lowest BCUT2D eigenvalue weighted by Gasteiger charge is -2.08. The van der Waals surface area contributed by atoms with Crippen molar-refractivity contribution in [2.75, 3.05) is 0 Å². The molecule has 0 bridgehead atoms. The fraction of sp³-hybridized carbons (Fsp3) is 0. The van der Waals surface area contributed by atoms with Crippen LogP contribution in [0.25, 0.3) is 0 Å². The summed E-state index contributed by atoms with van der Waals surface area (Å²) in [5, 5.41) is 11.5. The van der Waals surface area contributed by atoms with Gasteiger partial charge in [-0.3, -0.25) is 0 Å². The van der Waals surface area contributed by atoms with E-state index in [-0.39, 0.29) is 17.2 Å². The highest BCUT2D eigenvalue weighted by atomic mass is 32.2. The van der Waals surface area contributed by atoms with Gasteiger partial charge in [-0.15, -0.1) is 0 Å². The summed E-state index contributed by atoms with van der Waals surface area (Å²) in [4.78, 5) is 1.04. The van der Waals surface area contributed by atoms with E-state index in [4.69, 9.17) is 10.9 Å². The van der Waals surface area contributed by atoms with E-state index in [0.717, 1.165) is 11.8 Å². The average Bonchev–Trinajstić information content (AvgIpc) is 2.38. The van der Waals surface area contributed by atoms with E-state index < -0.39 is 5.82 Å². The van der Waals surface area contributed by atoms with Crippen LogP contribution in [0, 0.1) is 11.6 Å². The van der Waals surface area contributed by atoms with Gasteiger partial charge in [0.1, 0.15) is 11.6 Å². The van der Waals surface area contributed by atoms with E-state index in [2.05, 4.69) is 5.16 Å². The largest absolute Gasteiger partial charge is 0.409 e. The standard InChI is InChI=1S/C13H10F2N2OS/c14-8-3-1-4-9(7-8)19-11-6-2-5-10(15)12(11)13(16)17-18/h1-7,18H,(H2,16,17). The Labute approximate surface area is 112 Å². The van der Waals surface area contributed by atoms with Crippen molar-refractivity contribution in [3.05, 3.63) is 59.7 Å². The summed E-state index contributed by atoms with van der Waals surface area (Å²) in [6, 6.07) is 10.2. The molecule has 6 heteroatoms. The molecule has 3 N–H and O–H groups in total. The van der Waals surface area contributed by atoms with Gasteiger partial charge in [-0.25, -0.2) is 8.78 Å². The van der Waals surface area contributed by atoms with Gasteiger partial charge in [0.25, 0.3) is 0 Å². The van der Waals surface area contributed by atoms with E-state index in [1.165, 1.54) is 24.3 Å². The molecular weight excluding hydrogens is 270 g/mol. The van der Waals surface area contributed by atoms with Crippen LogP contribution in [0.2, 0.25) is 0 Å². The third kappa shape index (κ3) is 3.03. The number of hydrogen-bond donors (Lipinski definition) is 2. The number of nitrogens with two attached hydrogens (primary N) is 1. The number of rotatable bonds is 3. The van der Waals surface area contributed by atoms with E-state index in [1.807, 2.05) is 0 Å². The van der Waals surface area contributed by atoms with Crippen molar-refractivity contribution in [1.29, 1.82) is 0 Å². The molecule has 2 rings (SSSR count). The van der Waals surface area contributed by atoms with Gasteiger partial charge < -0.3 is 10.9 Å². The Hall–Kier alpha value is -2.08. The predicted octanol–water partition coefficient (Wildman–Crippen LogP) is 3.21. The average molecular weight is 280 g/mol. The van der Waals surface area contributed by atoms with Crippen molar-refractivity contribution >= 4 is 17.6 Å². The normalized spacial score (nSPS) is 11.6. The molecule has 0 unspecified atom stereocenters. The number of benzene rings is 2. The Morgan fingerprint density at radius 2 is 1.89 bits per heavy atom. The summed E-state index contributed by atoms with van der Waals surface area (Å²) in [7, 11) is 0. The number of hydrogen-bond acceptors (Lipinski definition) is 3. The second-order valence-corrected chi connectivity index (χ2v) is 4.77. The summed E-state index contributed by atoms with van der Waals surface area (Å²) in [6.45, 7) is 0. The van der Waals surface area contributed by atoms with Crippen LogP contribution in [0.1, 0.15) is 5.56 Å². The molecule has 0 atom stereocenters. The summed E-state index contributed by atoms with van der Waals surface area (Å²) in [5.41, 5.74) is 5.45. The first-order valence-electron chi connectivity index (χ1n) is 5.31. The Balaban J connectivity index is 2.43. The first kappa shape index (κ1) is 13.4. The molecule has 3 nitrogen and oxygen atoms in total. The Morgan fingerprint density at radius 3 is 2.58 bits per heavy atom. The van der Waals surface area contributed by atoms with Crippen LogP contribution in [-0.2, 0) is 0 Å². The van der Waals surface area contributed by atoms with Crippen molar-refractivity contribution in [1.82, 2.24) is 0 Å². The van der Waals surface area contributed by atoms with E-state index in [9.17, 15) is 8.78 Å². The third-order valence-electron chi connectivity index (χ3n) is 2.36. The van der Waals surface area contributed by atoms with Gasteiger partial charge in [-0.1, -0.05) is 29.1 Å². The van der Waals surface area contributed by atoms with E-state index in [1.54, 1.807) is 18.2 Å². The quantitative estimate of drug-likeness (QED) is 0.393. The summed E-state index contributed by atoms with van der Waals surface area (Å²) < 4.78 is 26.8. The maximum absolute atomic E-state index is 13.7. The minimum Gasteiger partial charge on any atom is -0.409 e. The lowest BCUT2D eigenvalue weighted by atomic mass is 10.2. The monoisotopic (exact) mass is 280 g/mol. The van der Waals surface area contributed by atoms with Crippen LogP contribution in [0.3, 0.4) is 0 Å². The van der Waals surface area contributed by atoms with Gasteiger partial charge in [-0.05, 0) is 30.3 Å². The summed E-state index contributed by atoms with van der Waals surface area (Å²) in [5.74, 6) is -1.31. The first-order valence-corrected chi connectivity index (χ1v) is 6.13. The molecule has 0 radical (unpaired) electrons. The maximum Gasteiger partial charge on any atom is 0.174 e. The van der Waals surface area contributed by atoms with Crippen LogP contribution >= 0.6 is 11.8 Å². The molecule has 19 heavy (non-hydrogen) atoms. The minimum atomic E-state index is -0.600. The molecule has 0 aliphatic heterocycles. The first-order chi connectivity index (χ1) is 9.11. The fourth-order valence-electron chi connectivity index (χ4n) is 1.55. The number of nitrogens with zero attached hydrogens (tertiary/aromatic N) is 1. The van der Waals surface area contributed by atoms with Crippen molar-refractivity contribution in [3.8, 4) is 0 Å². The molecular formula is C13H10F2N2OS. The molecule has 0 saturated carbocycles. The van der Waals surface area contributed by atoms with Crippen LogP contribution in [-0.4, -0.2) is 11.0 Å². The summed E-state index contributed by atoms with van der Waals surface area (Å²) in [6.07, 6.45) is 0. The molecule has 0 amide bonds. The topological polar surface area (TPSA) is 58.6 Å². The summed E-state index contributed by atoms with van der Waals surface area (Å²) >= 11 is 1.13. The predicted molar refractivity (Wildman–Crippen MR) is 69.4 cm³/mol. The smallest absolute Gasteiger partial charge is 0.174 e. The van der Waals surface area contributed by atoms with Crippen molar-refractivity contribution in [3.63, 3.8) is 0 Å². The molecule has 0 saturated heterocycles. The molecule has 0 heterocycles. The number of amidine groups is 1. The number of oxime groups is 1. The Morgan fingerprint density at radius 1 is 1.16 bits per heavy atom. The van der Waals surface area contributed by atoms with E-state index in [0.29, 0.717) is 9.79 Å². The van der Waals surface area contributed by atoms with Crippen LogP contribution in [0.4, 0.5) is 8.78 Å². The van der Waals surface area contributed by atoms with Crippen molar-refractivity contribution < 1.29 is 14.0 Å². The van der Waals surface area contributed by atoms with Gasteiger partial charge >= 0.3 is 0 Å². The van der Waals surface area contributed by atoms with Gasteiger partial charge in [0.2, 0.25) is 0 Å². The third-order valence-corrected chi connectivity index (χ3v) is 3.41. The van der Waals surface area contributed by atoms with Crippen molar-refractivity contribution in [2.24, 2.45) is 10.9 Å². The highest BCUT2D eigenvalue weighted by Crippen LogP contribution is 2.31. The van der Waals surface area contributed by atoms with Gasteiger partial charge in [0.15, 0.2) is 5.84 Å². The molecule has 0 fully saturated rings. The zero-order valence-corrected chi connectivity index (χ0v) is 10.5. The molecule has 0 aliphatic carbocycles. The van der Waals surface area contributed by atoms with Crippen LogP contribution < -0.4 is 5.73 Å². The zero-order valence-electron chi connectivity index (χ0n) is 9.68. The molecule has 98 valence electrons. The molecule has 0 aliphatic rings. The minimum absolute atomic E-state index is 0.000684. The van der Waals surface area contributed by atoms with Crippen LogP contribution in [0.15, 0.2) is 57.4 Å². The molecule has 0 aromatic heterocycles. The fourth-order valence-corrected chi connectivity index (χ4v) is 2.57.